The van der Waals surface area contributed by atoms with Crippen LogP contribution in [-0.2, 0) is 4.79 Å². The number of furan rings is 1. The van der Waals surface area contributed by atoms with Crippen LogP contribution in [0.1, 0.15) is 48.7 Å². The summed E-state index contributed by atoms with van der Waals surface area (Å²) in [4.78, 5) is 24.3. The van der Waals surface area contributed by atoms with Crippen LogP contribution in [0.4, 0.5) is 0 Å². The number of hydrogen-bond donors (Lipinski definition) is 2. The molecule has 23 heavy (non-hydrogen) atoms. The highest BCUT2D eigenvalue weighted by atomic mass is 16.3. The molecule has 0 aliphatic heterocycles. The van der Waals surface area contributed by atoms with Crippen molar-refractivity contribution in [1.82, 2.24) is 10.6 Å². The fraction of sp³-hybridized carbons (Fsp3) is 0.333. The van der Waals surface area contributed by atoms with Crippen LogP contribution in [0.25, 0.3) is 0 Å². The van der Waals surface area contributed by atoms with Gasteiger partial charge >= 0.3 is 0 Å². The molecule has 2 aromatic rings. The van der Waals surface area contributed by atoms with Gasteiger partial charge in [0, 0.05) is 0 Å². The molecule has 0 radical (unpaired) electrons. The van der Waals surface area contributed by atoms with Gasteiger partial charge in [-0.3, -0.25) is 9.59 Å². The fourth-order valence-corrected chi connectivity index (χ4v) is 2.33. The van der Waals surface area contributed by atoms with Crippen LogP contribution in [-0.4, -0.2) is 17.9 Å². The lowest BCUT2D eigenvalue weighted by atomic mass is 10.0. The molecule has 0 spiro atoms. The minimum atomic E-state index is -0.625. The van der Waals surface area contributed by atoms with Crippen LogP contribution >= 0.6 is 0 Å². The number of amides is 2. The SMILES string of the molecule is CCC[C@H](NC(=O)[C@H](C)NC(=O)c1ccoc1)c1ccccc1. The molecular weight excluding hydrogens is 292 g/mol. The minimum absolute atomic E-state index is 0.0537. The average molecular weight is 314 g/mol. The van der Waals surface area contributed by atoms with Crippen molar-refractivity contribution in [3.05, 3.63) is 60.1 Å². The van der Waals surface area contributed by atoms with Gasteiger partial charge in [-0.1, -0.05) is 43.7 Å². The van der Waals surface area contributed by atoms with E-state index >= 15 is 0 Å². The predicted molar refractivity (Wildman–Crippen MR) is 87.9 cm³/mol. The van der Waals surface area contributed by atoms with Gasteiger partial charge in [0.05, 0.1) is 17.9 Å². The Bertz CT molecular complexity index is 623. The molecule has 2 N–H and O–H groups in total. The van der Waals surface area contributed by atoms with Crippen molar-refractivity contribution >= 4 is 11.8 Å². The number of carbonyl (C=O) groups excluding carboxylic acids is 2. The van der Waals surface area contributed by atoms with Crippen molar-refractivity contribution in [3.8, 4) is 0 Å². The second-order valence-electron chi connectivity index (χ2n) is 5.47. The smallest absolute Gasteiger partial charge is 0.255 e. The van der Waals surface area contributed by atoms with E-state index in [2.05, 4.69) is 17.6 Å². The molecule has 0 unspecified atom stereocenters. The van der Waals surface area contributed by atoms with Gasteiger partial charge in [0.1, 0.15) is 12.3 Å². The van der Waals surface area contributed by atoms with E-state index in [-0.39, 0.29) is 17.9 Å². The van der Waals surface area contributed by atoms with Crippen LogP contribution in [0.5, 0.6) is 0 Å². The minimum Gasteiger partial charge on any atom is -0.472 e. The summed E-state index contributed by atoms with van der Waals surface area (Å²) in [6, 6.07) is 10.7. The van der Waals surface area contributed by atoms with Gasteiger partial charge in [-0.25, -0.2) is 0 Å². The molecule has 122 valence electrons. The predicted octanol–water partition coefficient (Wildman–Crippen LogP) is 3.06. The van der Waals surface area contributed by atoms with Crippen molar-refractivity contribution in [1.29, 1.82) is 0 Å². The van der Waals surface area contributed by atoms with Crippen molar-refractivity contribution in [2.75, 3.05) is 0 Å². The van der Waals surface area contributed by atoms with E-state index in [1.807, 2.05) is 30.3 Å². The van der Waals surface area contributed by atoms with Gasteiger partial charge < -0.3 is 15.1 Å². The van der Waals surface area contributed by atoms with Gasteiger partial charge in [-0.2, -0.15) is 0 Å². The first kappa shape index (κ1) is 16.8. The zero-order valence-corrected chi connectivity index (χ0v) is 13.4. The Hall–Kier alpha value is -2.56. The monoisotopic (exact) mass is 314 g/mol. The summed E-state index contributed by atoms with van der Waals surface area (Å²) in [5, 5.41) is 5.68. The quantitative estimate of drug-likeness (QED) is 0.825. The number of rotatable bonds is 7. The van der Waals surface area contributed by atoms with Gasteiger partial charge in [0.25, 0.3) is 5.91 Å². The molecule has 5 heteroatoms. The Labute approximate surface area is 136 Å². The van der Waals surface area contributed by atoms with Crippen LogP contribution in [0.2, 0.25) is 0 Å². The van der Waals surface area contributed by atoms with Crippen LogP contribution in [0.15, 0.2) is 53.3 Å². The normalized spacial score (nSPS) is 13.1. The summed E-state index contributed by atoms with van der Waals surface area (Å²) in [5.41, 5.74) is 1.47. The number of carbonyl (C=O) groups is 2. The first-order chi connectivity index (χ1) is 11.1. The molecule has 0 aliphatic rings. The summed E-state index contributed by atoms with van der Waals surface area (Å²) in [5.74, 6) is -0.530. The molecule has 0 saturated carbocycles. The molecule has 1 heterocycles. The highest BCUT2D eigenvalue weighted by Gasteiger charge is 2.20. The molecule has 2 amide bonds. The molecule has 0 saturated heterocycles. The second-order valence-corrected chi connectivity index (χ2v) is 5.47. The van der Waals surface area contributed by atoms with Crippen LogP contribution in [0.3, 0.4) is 0 Å². The van der Waals surface area contributed by atoms with E-state index in [1.54, 1.807) is 13.0 Å². The molecule has 5 nitrogen and oxygen atoms in total. The molecule has 2 atom stereocenters. The van der Waals surface area contributed by atoms with Crippen molar-refractivity contribution in [2.24, 2.45) is 0 Å². The molecular formula is C18H22N2O3. The zero-order chi connectivity index (χ0) is 16.7. The number of hydrogen-bond acceptors (Lipinski definition) is 3. The lowest BCUT2D eigenvalue weighted by Crippen LogP contribution is -2.45. The van der Waals surface area contributed by atoms with Crippen LogP contribution < -0.4 is 10.6 Å². The zero-order valence-electron chi connectivity index (χ0n) is 13.4. The van der Waals surface area contributed by atoms with Gasteiger partial charge in [-0.05, 0) is 25.0 Å². The van der Waals surface area contributed by atoms with E-state index in [4.69, 9.17) is 4.42 Å². The van der Waals surface area contributed by atoms with E-state index < -0.39 is 6.04 Å². The Morgan fingerprint density at radius 3 is 2.48 bits per heavy atom. The molecule has 0 aliphatic carbocycles. The Morgan fingerprint density at radius 2 is 1.87 bits per heavy atom. The Morgan fingerprint density at radius 1 is 1.13 bits per heavy atom. The maximum absolute atomic E-state index is 12.4. The van der Waals surface area contributed by atoms with Gasteiger partial charge in [-0.15, -0.1) is 0 Å². The van der Waals surface area contributed by atoms with E-state index in [0.717, 1.165) is 18.4 Å². The van der Waals surface area contributed by atoms with Gasteiger partial charge in [0.2, 0.25) is 5.91 Å². The third kappa shape index (κ3) is 4.71. The largest absolute Gasteiger partial charge is 0.472 e. The average Bonchev–Trinajstić information content (AvgIpc) is 3.09. The molecule has 1 aromatic heterocycles. The summed E-state index contributed by atoms with van der Waals surface area (Å²) in [7, 11) is 0. The lowest BCUT2D eigenvalue weighted by Gasteiger charge is -2.21. The summed E-state index contributed by atoms with van der Waals surface area (Å²) < 4.78 is 4.87. The fourth-order valence-electron chi connectivity index (χ4n) is 2.33. The van der Waals surface area contributed by atoms with E-state index in [0.29, 0.717) is 5.56 Å². The maximum atomic E-state index is 12.4. The molecule has 1 aromatic carbocycles. The van der Waals surface area contributed by atoms with Crippen LogP contribution in [0, 0.1) is 0 Å². The van der Waals surface area contributed by atoms with Crippen molar-refractivity contribution in [3.63, 3.8) is 0 Å². The molecule has 0 fully saturated rings. The van der Waals surface area contributed by atoms with E-state index in [9.17, 15) is 9.59 Å². The summed E-state index contributed by atoms with van der Waals surface area (Å²) in [6.45, 7) is 3.74. The van der Waals surface area contributed by atoms with Crippen molar-refractivity contribution in [2.45, 2.75) is 38.8 Å². The van der Waals surface area contributed by atoms with Gasteiger partial charge in [0.15, 0.2) is 0 Å². The molecule has 0 bridgehead atoms. The highest BCUT2D eigenvalue weighted by Crippen LogP contribution is 2.18. The summed E-state index contributed by atoms with van der Waals surface area (Å²) >= 11 is 0. The second kappa shape index (κ2) is 8.17. The maximum Gasteiger partial charge on any atom is 0.255 e. The number of benzene rings is 1. The van der Waals surface area contributed by atoms with E-state index in [1.165, 1.54) is 12.5 Å². The lowest BCUT2D eigenvalue weighted by molar-refractivity contribution is -0.123. The molecule has 2 rings (SSSR count). The third-order valence-corrected chi connectivity index (χ3v) is 3.62. The topological polar surface area (TPSA) is 71.3 Å². The number of nitrogens with one attached hydrogen (secondary N) is 2. The standard InChI is InChI=1S/C18H22N2O3/c1-3-7-16(14-8-5-4-6-9-14)20-17(21)13(2)19-18(22)15-10-11-23-12-15/h4-6,8-13,16H,3,7H2,1-2H3,(H,19,22)(H,20,21)/t13-,16-/m0/s1. The summed E-state index contributed by atoms with van der Waals surface area (Å²) in [6.07, 6.45) is 4.57. The first-order valence-electron chi connectivity index (χ1n) is 7.80. The Balaban J connectivity index is 1.96. The van der Waals surface area contributed by atoms with Crippen molar-refractivity contribution < 1.29 is 14.0 Å². The highest BCUT2D eigenvalue weighted by molar-refractivity contribution is 5.97. The first-order valence-corrected chi connectivity index (χ1v) is 7.80. The third-order valence-electron chi connectivity index (χ3n) is 3.62. The Kier molecular flexibility index (Phi) is 5.97.